The fraction of sp³-hybridized carbons (Fsp3) is 0.345. The molecule has 2 heterocycles. The number of fused-ring (bicyclic) bond motifs is 1. The Kier molecular flexibility index (Phi) is 7.11. The molecule has 5 nitrogen and oxygen atoms in total. The van der Waals surface area contributed by atoms with Crippen LogP contribution in [0.15, 0.2) is 66.7 Å². The molecular weight excluding hydrogens is 443 g/mol. The standard InChI is InChI=1S/C29H31FN2O3/c30-27-9-7-23(8-10-27)24-4-1-5-25(16-24)29(34)32-13-14-35-28-11-6-21(15-26(28)19-32)17-31-12-2-3-22(18-31)20-33/h1,4-11,15-16,22,33H,2-3,12-14,17-20H2/t22-/m0/s1. The van der Waals surface area contributed by atoms with Crippen LogP contribution in [0.1, 0.15) is 34.3 Å². The number of carbonyl (C=O) groups excluding carboxylic acids is 1. The molecule has 1 N–H and O–H groups in total. The van der Waals surface area contributed by atoms with Crippen molar-refractivity contribution in [3.05, 3.63) is 89.2 Å². The molecule has 1 saturated heterocycles. The number of carbonyl (C=O) groups is 1. The summed E-state index contributed by atoms with van der Waals surface area (Å²) in [7, 11) is 0. The zero-order valence-corrected chi connectivity index (χ0v) is 19.8. The molecule has 2 aliphatic heterocycles. The van der Waals surface area contributed by atoms with Crippen LogP contribution in [0, 0.1) is 11.7 Å². The van der Waals surface area contributed by atoms with Crippen LogP contribution in [-0.2, 0) is 13.1 Å². The largest absolute Gasteiger partial charge is 0.491 e. The van der Waals surface area contributed by atoms with Gasteiger partial charge in [0, 0.05) is 37.4 Å². The van der Waals surface area contributed by atoms with E-state index in [9.17, 15) is 14.3 Å². The molecule has 0 unspecified atom stereocenters. The quantitative estimate of drug-likeness (QED) is 0.581. The number of hydrogen-bond acceptors (Lipinski definition) is 4. The lowest BCUT2D eigenvalue weighted by Crippen LogP contribution is -2.36. The number of aliphatic hydroxyl groups excluding tert-OH is 1. The Morgan fingerprint density at radius 1 is 1.03 bits per heavy atom. The number of likely N-dealkylation sites (tertiary alicyclic amines) is 1. The molecule has 182 valence electrons. The van der Waals surface area contributed by atoms with Crippen molar-refractivity contribution in [2.24, 2.45) is 5.92 Å². The van der Waals surface area contributed by atoms with Gasteiger partial charge in [0.25, 0.3) is 5.91 Å². The number of nitrogens with zero attached hydrogens (tertiary/aromatic N) is 2. The minimum Gasteiger partial charge on any atom is -0.491 e. The van der Waals surface area contributed by atoms with E-state index in [0.29, 0.717) is 31.2 Å². The molecule has 3 aromatic carbocycles. The summed E-state index contributed by atoms with van der Waals surface area (Å²) in [5, 5.41) is 9.54. The third-order valence-electron chi connectivity index (χ3n) is 6.95. The fourth-order valence-corrected chi connectivity index (χ4v) is 5.08. The molecule has 1 fully saturated rings. The Morgan fingerprint density at radius 3 is 2.71 bits per heavy atom. The summed E-state index contributed by atoms with van der Waals surface area (Å²) in [6.45, 7) is 4.47. The fourth-order valence-electron chi connectivity index (χ4n) is 5.08. The van der Waals surface area contributed by atoms with Crippen molar-refractivity contribution in [2.75, 3.05) is 32.8 Å². The molecule has 0 spiro atoms. The van der Waals surface area contributed by atoms with E-state index in [1.165, 1.54) is 17.7 Å². The lowest BCUT2D eigenvalue weighted by atomic mass is 9.98. The number of halogens is 1. The van der Waals surface area contributed by atoms with Crippen molar-refractivity contribution < 1.29 is 19.0 Å². The second-order valence-electron chi connectivity index (χ2n) is 9.53. The third kappa shape index (κ3) is 5.55. The summed E-state index contributed by atoms with van der Waals surface area (Å²) >= 11 is 0. The van der Waals surface area contributed by atoms with E-state index >= 15 is 0 Å². The van der Waals surface area contributed by atoms with E-state index in [0.717, 1.165) is 54.9 Å². The maximum absolute atomic E-state index is 13.4. The van der Waals surface area contributed by atoms with Gasteiger partial charge in [0.15, 0.2) is 0 Å². The second-order valence-corrected chi connectivity index (χ2v) is 9.53. The molecule has 0 radical (unpaired) electrons. The number of hydrogen-bond donors (Lipinski definition) is 1. The molecule has 6 heteroatoms. The van der Waals surface area contributed by atoms with Crippen molar-refractivity contribution in [3.63, 3.8) is 0 Å². The van der Waals surface area contributed by atoms with Crippen molar-refractivity contribution >= 4 is 5.91 Å². The smallest absolute Gasteiger partial charge is 0.254 e. The van der Waals surface area contributed by atoms with Gasteiger partial charge in [-0.1, -0.05) is 30.3 Å². The zero-order chi connectivity index (χ0) is 24.2. The second kappa shape index (κ2) is 10.6. The summed E-state index contributed by atoms with van der Waals surface area (Å²) < 4.78 is 19.3. The Labute approximate surface area is 205 Å². The molecule has 35 heavy (non-hydrogen) atoms. The topological polar surface area (TPSA) is 53.0 Å². The first-order chi connectivity index (χ1) is 17.1. The van der Waals surface area contributed by atoms with Gasteiger partial charge in [-0.25, -0.2) is 4.39 Å². The van der Waals surface area contributed by atoms with E-state index in [4.69, 9.17) is 4.74 Å². The first-order valence-electron chi connectivity index (χ1n) is 12.3. The van der Waals surface area contributed by atoms with Crippen LogP contribution in [0.5, 0.6) is 5.75 Å². The van der Waals surface area contributed by atoms with Crippen LogP contribution < -0.4 is 4.74 Å². The molecule has 0 saturated carbocycles. The van der Waals surface area contributed by atoms with Crippen LogP contribution in [0.25, 0.3) is 11.1 Å². The normalized spacial score (nSPS) is 18.5. The molecule has 1 atom stereocenters. The summed E-state index contributed by atoms with van der Waals surface area (Å²) in [5.74, 6) is 0.859. The Balaban J connectivity index is 1.32. The highest BCUT2D eigenvalue weighted by Gasteiger charge is 2.23. The number of rotatable bonds is 5. The average molecular weight is 475 g/mol. The molecule has 0 bridgehead atoms. The van der Waals surface area contributed by atoms with Crippen molar-refractivity contribution in [3.8, 4) is 16.9 Å². The summed E-state index contributed by atoms with van der Waals surface area (Å²) in [6.07, 6.45) is 2.20. The first-order valence-corrected chi connectivity index (χ1v) is 12.3. The van der Waals surface area contributed by atoms with Crippen LogP contribution >= 0.6 is 0 Å². The SMILES string of the molecule is O=C(c1cccc(-c2ccc(F)cc2)c1)N1CCOc2ccc(CN3CCC[C@H](CO)C3)cc2C1. The Bertz CT molecular complexity index is 1180. The van der Waals surface area contributed by atoms with E-state index < -0.39 is 0 Å². The zero-order valence-electron chi connectivity index (χ0n) is 19.8. The number of aliphatic hydroxyl groups is 1. The number of benzene rings is 3. The minimum atomic E-state index is -0.280. The van der Waals surface area contributed by atoms with Gasteiger partial charge in [0.05, 0.1) is 6.54 Å². The van der Waals surface area contributed by atoms with Crippen molar-refractivity contribution in [2.45, 2.75) is 25.9 Å². The monoisotopic (exact) mass is 474 g/mol. The van der Waals surface area contributed by atoms with Gasteiger partial charge in [-0.2, -0.15) is 0 Å². The maximum atomic E-state index is 13.4. The van der Waals surface area contributed by atoms with Crippen molar-refractivity contribution in [1.82, 2.24) is 9.80 Å². The van der Waals surface area contributed by atoms with Crippen LogP contribution in [-0.4, -0.2) is 53.7 Å². The molecule has 2 aliphatic rings. The van der Waals surface area contributed by atoms with Crippen LogP contribution in [0.4, 0.5) is 4.39 Å². The minimum absolute atomic E-state index is 0.0439. The summed E-state index contributed by atoms with van der Waals surface area (Å²) in [6, 6.07) is 20.1. The van der Waals surface area contributed by atoms with Gasteiger partial charge in [-0.15, -0.1) is 0 Å². The first kappa shape index (κ1) is 23.5. The van der Waals surface area contributed by atoms with Gasteiger partial charge in [-0.05, 0) is 78.4 Å². The number of piperidine rings is 1. The molecule has 0 aromatic heterocycles. The van der Waals surface area contributed by atoms with Gasteiger partial charge < -0.3 is 14.7 Å². The highest BCUT2D eigenvalue weighted by molar-refractivity contribution is 5.95. The highest BCUT2D eigenvalue weighted by Crippen LogP contribution is 2.28. The van der Waals surface area contributed by atoms with E-state index in [-0.39, 0.29) is 18.3 Å². The predicted molar refractivity (Wildman–Crippen MR) is 134 cm³/mol. The molecule has 1 amide bonds. The molecular formula is C29H31FN2O3. The number of ether oxygens (including phenoxy) is 1. The van der Waals surface area contributed by atoms with Gasteiger partial charge in [0.1, 0.15) is 18.2 Å². The Morgan fingerprint density at radius 2 is 1.89 bits per heavy atom. The van der Waals surface area contributed by atoms with E-state index in [1.807, 2.05) is 35.2 Å². The summed E-state index contributed by atoms with van der Waals surface area (Å²) in [5.41, 5.74) is 4.57. The summed E-state index contributed by atoms with van der Waals surface area (Å²) in [4.78, 5) is 17.7. The lowest BCUT2D eigenvalue weighted by Gasteiger charge is -2.32. The molecule has 0 aliphatic carbocycles. The molecule has 3 aromatic rings. The van der Waals surface area contributed by atoms with Crippen LogP contribution in [0.2, 0.25) is 0 Å². The molecule has 5 rings (SSSR count). The Hall–Kier alpha value is -3.22. The predicted octanol–water partition coefficient (Wildman–Crippen LogP) is 4.73. The van der Waals surface area contributed by atoms with Gasteiger partial charge in [-0.3, -0.25) is 9.69 Å². The van der Waals surface area contributed by atoms with E-state index in [1.54, 1.807) is 12.1 Å². The third-order valence-corrected chi connectivity index (χ3v) is 6.95. The number of amides is 1. The van der Waals surface area contributed by atoms with Gasteiger partial charge in [0.2, 0.25) is 0 Å². The van der Waals surface area contributed by atoms with Gasteiger partial charge >= 0.3 is 0 Å². The lowest BCUT2D eigenvalue weighted by molar-refractivity contribution is 0.0733. The van der Waals surface area contributed by atoms with Crippen molar-refractivity contribution in [1.29, 1.82) is 0 Å². The van der Waals surface area contributed by atoms with E-state index in [2.05, 4.69) is 17.0 Å². The highest BCUT2D eigenvalue weighted by atomic mass is 19.1. The van der Waals surface area contributed by atoms with Crippen LogP contribution in [0.3, 0.4) is 0 Å². The average Bonchev–Trinajstić information content (AvgIpc) is 3.11. The maximum Gasteiger partial charge on any atom is 0.254 e.